The van der Waals surface area contributed by atoms with Crippen molar-refractivity contribution in [3.05, 3.63) is 30.2 Å². The molecule has 0 radical (unpaired) electrons. The topological polar surface area (TPSA) is 76.6 Å². The van der Waals surface area contributed by atoms with E-state index in [4.69, 9.17) is 10.00 Å². The zero-order valence-corrected chi connectivity index (χ0v) is 14.7. The fourth-order valence-electron chi connectivity index (χ4n) is 1.16. The summed E-state index contributed by atoms with van der Waals surface area (Å²) in [6.45, 7) is 0.504. The molecule has 0 atom stereocenters. The Hall–Kier alpha value is -1.15. The predicted octanol–water partition coefficient (Wildman–Crippen LogP) is 0.647. The molecular formula is C10H8N5OSTl. The van der Waals surface area contributed by atoms with Gasteiger partial charge in [0.05, 0.1) is 0 Å². The molecule has 2 aromatic heterocycles. The Morgan fingerprint density at radius 3 is 3.11 bits per heavy atom. The molecule has 0 saturated carbocycles. The molecule has 0 bridgehead atoms. The number of ether oxygens (including phenoxy) is 1. The van der Waals surface area contributed by atoms with Gasteiger partial charge in [0.15, 0.2) is 0 Å². The van der Waals surface area contributed by atoms with Crippen LogP contribution in [0.3, 0.4) is 0 Å². The molecule has 0 aliphatic heterocycles. The Morgan fingerprint density at radius 1 is 1.50 bits per heavy atom. The van der Waals surface area contributed by atoms with Gasteiger partial charge in [0.2, 0.25) is 0 Å². The van der Waals surface area contributed by atoms with Crippen LogP contribution in [0.25, 0.3) is 0 Å². The maximum absolute atomic E-state index is 8.73. The molecule has 0 aromatic carbocycles. The van der Waals surface area contributed by atoms with Gasteiger partial charge >= 0.3 is 125 Å². The van der Waals surface area contributed by atoms with Crippen molar-refractivity contribution in [1.82, 2.24) is 17.6 Å². The number of thioether (sulfide) groups is 1. The van der Waals surface area contributed by atoms with Crippen LogP contribution in [-0.2, 0) is 0 Å². The first kappa shape index (κ1) is 13.3. The molecule has 88 valence electrons. The zero-order valence-electron chi connectivity index (χ0n) is 9.35. The van der Waals surface area contributed by atoms with Crippen LogP contribution < -0.4 is 4.74 Å². The van der Waals surface area contributed by atoms with E-state index >= 15 is 0 Å². The van der Waals surface area contributed by atoms with E-state index in [1.54, 1.807) is 24.7 Å². The molecule has 2 heterocycles. The van der Waals surface area contributed by atoms with E-state index in [1.165, 1.54) is 11.8 Å². The molecule has 0 amide bonds. The van der Waals surface area contributed by atoms with Gasteiger partial charge in [-0.05, 0) is 0 Å². The van der Waals surface area contributed by atoms with Crippen LogP contribution in [0.2, 0.25) is 0 Å². The van der Waals surface area contributed by atoms with E-state index in [9.17, 15) is 0 Å². The molecule has 0 aliphatic rings. The number of nitrogens with zero attached hydrogens (tertiary/aromatic N) is 5. The summed E-state index contributed by atoms with van der Waals surface area (Å²) in [4.78, 5) is 8.15. The number of hydrogen-bond acceptors (Lipinski definition) is 6. The normalized spacial score (nSPS) is 9.89. The molecule has 0 saturated heterocycles. The van der Waals surface area contributed by atoms with Gasteiger partial charge < -0.3 is 0 Å². The van der Waals surface area contributed by atoms with E-state index in [0.29, 0.717) is 44.1 Å². The second-order valence-corrected chi connectivity index (χ2v) is 6.32. The standard InChI is InChI=1S/C10H8N5OS.Tl/c11-6-8-1-2-12-9(5-8)16-3-4-17-10-13-7-14-15-10;/h1-2,5,7H,3-4H2;/q-1;+1. The summed E-state index contributed by atoms with van der Waals surface area (Å²) in [7, 11) is 0. The molecular weight excluding hydrogens is 443 g/mol. The van der Waals surface area contributed by atoms with Crippen LogP contribution in [0.15, 0.2) is 29.8 Å². The van der Waals surface area contributed by atoms with Crippen molar-refractivity contribution in [3.8, 4) is 11.9 Å². The van der Waals surface area contributed by atoms with Crippen molar-refractivity contribution in [3.63, 3.8) is 0 Å². The minimum absolute atomic E-state index is 0.470. The number of nitriles is 1. The Bertz CT molecular complexity index is 567. The summed E-state index contributed by atoms with van der Waals surface area (Å²) in [5, 5.41) is 13.7. The molecule has 2 rings (SSSR count). The monoisotopic (exact) mass is 451 g/mol. The molecule has 0 spiro atoms. The molecule has 0 aliphatic carbocycles. The summed E-state index contributed by atoms with van der Waals surface area (Å²) < 4.78 is 7.26. The average molecular weight is 451 g/mol. The molecule has 8 heteroatoms. The van der Waals surface area contributed by atoms with E-state index < -0.39 is 0 Å². The SMILES string of the molecule is N#Cc1ccnc(OCCSc2nc[n]([Tl])n2)c1. The number of pyridine rings is 1. The van der Waals surface area contributed by atoms with Gasteiger partial charge in [-0.25, -0.2) is 0 Å². The Balaban J connectivity index is 1.77. The molecule has 0 N–H and O–H groups in total. The van der Waals surface area contributed by atoms with Crippen molar-refractivity contribution < 1.29 is 4.74 Å². The first-order chi connectivity index (χ1) is 8.78. The first-order valence-corrected chi connectivity index (χ1v) is 8.06. The van der Waals surface area contributed by atoms with E-state index in [0.717, 1.165) is 10.9 Å². The maximum atomic E-state index is 8.73. The molecule has 0 unspecified atom stereocenters. The average Bonchev–Trinajstić information content (AvgIpc) is 2.81. The van der Waals surface area contributed by atoms with Crippen LogP contribution >= 0.6 is 11.8 Å². The van der Waals surface area contributed by atoms with Gasteiger partial charge in [-0.1, -0.05) is 0 Å². The van der Waals surface area contributed by atoms with E-state index in [1.807, 2.05) is 8.56 Å². The van der Waals surface area contributed by atoms with E-state index in [2.05, 4.69) is 15.1 Å². The molecule has 18 heavy (non-hydrogen) atoms. The van der Waals surface area contributed by atoms with Crippen LogP contribution in [-0.4, -0.2) is 56.0 Å². The van der Waals surface area contributed by atoms with Crippen molar-refractivity contribution in [1.29, 1.82) is 5.26 Å². The van der Waals surface area contributed by atoms with Crippen LogP contribution in [0, 0.1) is 11.3 Å². The first-order valence-electron chi connectivity index (χ1n) is 5.06. The fraction of sp³-hybridized carbons (Fsp3) is 0.200. The van der Waals surface area contributed by atoms with Gasteiger partial charge in [-0.3, -0.25) is 0 Å². The third-order valence-electron chi connectivity index (χ3n) is 1.92. The Kier molecular flexibility index (Phi) is 4.94. The van der Waals surface area contributed by atoms with E-state index in [-0.39, 0.29) is 0 Å². The van der Waals surface area contributed by atoms with Crippen molar-refractivity contribution in [2.75, 3.05) is 12.4 Å². The van der Waals surface area contributed by atoms with Gasteiger partial charge in [-0.2, -0.15) is 0 Å². The molecule has 2 aromatic rings. The summed E-state index contributed by atoms with van der Waals surface area (Å²) in [5.41, 5.74) is 0.546. The predicted molar refractivity (Wildman–Crippen MR) is 66.3 cm³/mol. The molecule has 0 fully saturated rings. The number of aromatic nitrogens is 4. The fourth-order valence-corrected chi connectivity index (χ4v) is 2.79. The second-order valence-electron chi connectivity index (χ2n) is 3.20. The van der Waals surface area contributed by atoms with Crippen molar-refractivity contribution in [2.24, 2.45) is 0 Å². The Morgan fingerprint density at radius 2 is 2.39 bits per heavy atom. The van der Waals surface area contributed by atoms with Crippen LogP contribution in [0.1, 0.15) is 5.56 Å². The van der Waals surface area contributed by atoms with Gasteiger partial charge in [-0.15, -0.1) is 0 Å². The van der Waals surface area contributed by atoms with Gasteiger partial charge in [0, 0.05) is 0 Å². The number of hydrogen-bond donors (Lipinski definition) is 0. The minimum atomic E-state index is 0.470. The zero-order chi connectivity index (χ0) is 12.8. The van der Waals surface area contributed by atoms with Crippen molar-refractivity contribution in [2.45, 2.75) is 5.16 Å². The summed E-state index contributed by atoms with van der Waals surface area (Å²) in [6, 6.07) is 5.31. The number of rotatable bonds is 5. The second kappa shape index (κ2) is 6.70. The molecule has 6 nitrogen and oxygen atoms in total. The summed E-state index contributed by atoms with van der Waals surface area (Å²) in [6.07, 6.45) is 3.29. The summed E-state index contributed by atoms with van der Waals surface area (Å²) in [5.74, 6) is 1.21. The van der Waals surface area contributed by atoms with Crippen LogP contribution in [0.4, 0.5) is 0 Å². The van der Waals surface area contributed by atoms with Crippen LogP contribution in [0.5, 0.6) is 5.88 Å². The van der Waals surface area contributed by atoms with Crippen molar-refractivity contribution >= 4 is 37.8 Å². The van der Waals surface area contributed by atoms with Gasteiger partial charge in [0.25, 0.3) is 0 Å². The Labute approximate surface area is 124 Å². The summed E-state index contributed by atoms with van der Waals surface area (Å²) >= 11 is 2.18. The quantitative estimate of drug-likeness (QED) is 0.378. The third-order valence-corrected chi connectivity index (χ3v) is 3.70. The van der Waals surface area contributed by atoms with Gasteiger partial charge in [0.1, 0.15) is 0 Å². The third kappa shape index (κ3) is 3.95.